The highest BCUT2D eigenvalue weighted by Crippen LogP contribution is 2.24. The molecule has 0 radical (unpaired) electrons. The molecule has 0 spiro atoms. The van der Waals surface area contributed by atoms with Gasteiger partial charge in [-0.15, -0.1) is 0 Å². The Morgan fingerprint density at radius 3 is 2.39 bits per heavy atom. The summed E-state index contributed by atoms with van der Waals surface area (Å²) in [5.74, 6) is -0.959. The van der Waals surface area contributed by atoms with E-state index in [0.717, 1.165) is 34.2 Å². The molecule has 0 saturated carbocycles. The molecule has 0 unspecified atom stereocenters. The molecular formula is C23H25N3O5S2. The molecule has 33 heavy (non-hydrogen) atoms. The molecule has 0 bridgehead atoms. The molecule has 1 fully saturated rings. The quantitative estimate of drug-likeness (QED) is 0.515. The predicted molar refractivity (Wildman–Crippen MR) is 126 cm³/mol. The van der Waals surface area contributed by atoms with Gasteiger partial charge in [-0.3, -0.25) is 9.59 Å². The van der Waals surface area contributed by atoms with Crippen molar-refractivity contribution in [3.8, 4) is 0 Å². The van der Waals surface area contributed by atoms with E-state index >= 15 is 0 Å². The maximum Gasteiger partial charge on any atom is 0.325 e. The Balaban J connectivity index is 1.72. The van der Waals surface area contributed by atoms with Crippen molar-refractivity contribution in [3.05, 3.63) is 57.9 Å². The number of esters is 1. The van der Waals surface area contributed by atoms with Crippen molar-refractivity contribution >= 4 is 43.5 Å². The number of fused-ring (bicyclic) bond motifs is 1. The summed E-state index contributed by atoms with van der Waals surface area (Å²) in [5, 5.41) is 0. The topological polar surface area (TPSA) is 98.0 Å². The summed E-state index contributed by atoms with van der Waals surface area (Å²) < 4.78 is 34.3. The second-order valence-corrected chi connectivity index (χ2v) is 11.0. The number of carbonyl (C=O) groups is 2. The van der Waals surface area contributed by atoms with Crippen LogP contribution in [0.2, 0.25) is 0 Å². The fourth-order valence-corrected chi connectivity index (χ4v) is 6.74. The first-order chi connectivity index (χ1) is 15.7. The second kappa shape index (κ2) is 9.20. The van der Waals surface area contributed by atoms with Gasteiger partial charge in [-0.25, -0.2) is 8.42 Å². The van der Waals surface area contributed by atoms with E-state index in [-0.39, 0.29) is 17.0 Å². The van der Waals surface area contributed by atoms with Crippen LogP contribution in [-0.2, 0) is 26.1 Å². The Kier molecular flexibility index (Phi) is 6.51. The summed E-state index contributed by atoms with van der Waals surface area (Å²) in [6, 6.07) is 9.83. The number of nitrogens with zero attached hydrogens (tertiary/aromatic N) is 3. The van der Waals surface area contributed by atoms with Crippen LogP contribution in [0.4, 0.5) is 0 Å². The number of amides is 1. The third-order valence-electron chi connectivity index (χ3n) is 5.63. The standard InChI is InChI=1S/C23H25N3O5S2/c1-15-12-16(2)21-19(13-15)32-23(26(21)14-20(27)31-3)24-22(28)17-6-8-18(9-7-17)33(29,30)25-10-4-5-11-25/h6-9,12-13H,4-5,10-11,14H2,1-3H3. The van der Waals surface area contributed by atoms with Crippen LogP contribution >= 0.6 is 11.3 Å². The lowest BCUT2D eigenvalue weighted by atomic mass is 10.1. The van der Waals surface area contributed by atoms with Crippen molar-refractivity contribution in [1.82, 2.24) is 8.87 Å². The van der Waals surface area contributed by atoms with E-state index in [1.165, 1.54) is 47.0 Å². The van der Waals surface area contributed by atoms with Gasteiger partial charge in [-0.2, -0.15) is 9.30 Å². The summed E-state index contributed by atoms with van der Waals surface area (Å²) in [7, 11) is -2.24. The number of aromatic nitrogens is 1. The lowest BCUT2D eigenvalue weighted by Gasteiger charge is -2.15. The molecule has 1 aromatic heterocycles. The van der Waals surface area contributed by atoms with Gasteiger partial charge in [-0.05, 0) is 68.1 Å². The average molecular weight is 488 g/mol. The third kappa shape index (κ3) is 4.64. The molecule has 174 valence electrons. The van der Waals surface area contributed by atoms with Gasteiger partial charge in [0, 0.05) is 18.7 Å². The van der Waals surface area contributed by atoms with Gasteiger partial charge >= 0.3 is 5.97 Å². The third-order valence-corrected chi connectivity index (χ3v) is 8.57. The fraction of sp³-hybridized carbons (Fsp3) is 0.348. The number of methoxy groups -OCH3 is 1. The van der Waals surface area contributed by atoms with E-state index in [1.54, 1.807) is 4.57 Å². The summed E-state index contributed by atoms with van der Waals surface area (Å²) in [6.45, 7) is 4.89. The minimum atomic E-state index is -3.55. The number of hydrogen-bond donors (Lipinski definition) is 0. The summed E-state index contributed by atoms with van der Waals surface area (Å²) in [4.78, 5) is 29.7. The number of ether oxygens (including phenoxy) is 1. The van der Waals surface area contributed by atoms with Crippen molar-refractivity contribution in [3.63, 3.8) is 0 Å². The van der Waals surface area contributed by atoms with E-state index in [4.69, 9.17) is 4.74 Å². The van der Waals surface area contributed by atoms with Crippen LogP contribution in [0.25, 0.3) is 10.2 Å². The van der Waals surface area contributed by atoms with Crippen molar-refractivity contribution in [2.24, 2.45) is 4.99 Å². The minimum absolute atomic E-state index is 0.0699. The van der Waals surface area contributed by atoms with Crippen LogP contribution in [0.3, 0.4) is 0 Å². The molecule has 3 aromatic rings. The highest BCUT2D eigenvalue weighted by Gasteiger charge is 2.27. The lowest BCUT2D eigenvalue weighted by Crippen LogP contribution is -2.27. The number of carbonyl (C=O) groups excluding carboxylic acids is 2. The van der Waals surface area contributed by atoms with Crippen molar-refractivity contribution in [2.75, 3.05) is 20.2 Å². The first kappa shape index (κ1) is 23.3. The zero-order valence-electron chi connectivity index (χ0n) is 18.7. The van der Waals surface area contributed by atoms with Crippen LogP contribution in [0.5, 0.6) is 0 Å². The van der Waals surface area contributed by atoms with Crippen LogP contribution in [0.15, 0.2) is 46.3 Å². The number of benzene rings is 2. The van der Waals surface area contributed by atoms with Gasteiger partial charge in [0.05, 0.1) is 22.2 Å². The summed E-state index contributed by atoms with van der Waals surface area (Å²) in [6.07, 6.45) is 1.71. The second-order valence-electron chi connectivity index (χ2n) is 8.03. The Bertz CT molecular complexity index is 1400. The smallest absolute Gasteiger partial charge is 0.325 e. The van der Waals surface area contributed by atoms with E-state index in [9.17, 15) is 18.0 Å². The van der Waals surface area contributed by atoms with Crippen molar-refractivity contribution in [1.29, 1.82) is 0 Å². The Morgan fingerprint density at radius 1 is 1.09 bits per heavy atom. The molecule has 0 N–H and O–H groups in total. The predicted octanol–water partition coefficient (Wildman–Crippen LogP) is 3.02. The summed E-state index contributed by atoms with van der Waals surface area (Å²) in [5.41, 5.74) is 3.13. The molecule has 0 aliphatic carbocycles. The van der Waals surface area contributed by atoms with E-state index in [1.807, 2.05) is 26.0 Å². The molecule has 10 heteroatoms. The molecule has 4 rings (SSSR count). The molecule has 1 aliphatic heterocycles. The molecule has 1 amide bonds. The maximum absolute atomic E-state index is 12.9. The number of rotatable bonds is 5. The normalized spacial score (nSPS) is 15.3. The molecule has 1 saturated heterocycles. The van der Waals surface area contributed by atoms with Crippen molar-refractivity contribution < 1.29 is 22.7 Å². The Labute approximate surface area is 196 Å². The van der Waals surface area contributed by atoms with Gasteiger partial charge in [0.15, 0.2) is 4.80 Å². The van der Waals surface area contributed by atoms with Crippen LogP contribution < -0.4 is 4.80 Å². The zero-order chi connectivity index (χ0) is 23.8. The lowest BCUT2D eigenvalue weighted by molar-refractivity contribution is -0.141. The minimum Gasteiger partial charge on any atom is -0.468 e. The van der Waals surface area contributed by atoms with Gasteiger partial charge in [0.1, 0.15) is 6.54 Å². The Hall–Kier alpha value is -2.82. The SMILES string of the molecule is COC(=O)Cn1c(=NC(=O)c2ccc(S(=O)(=O)N3CCCC3)cc2)sc2cc(C)cc(C)c21. The average Bonchev–Trinajstić information content (AvgIpc) is 3.43. The Morgan fingerprint density at radius 2 is 1.76 bits per heavy atom. The van der Waals surface area contributed by atoms with E-state index in [0.29, 0.717) is 17.9 Å². The monoisotopic (exact) mass is 487 g/mol. The first-order valence-electron chi connectivity index (χ1n) is 10.6. The molecule has 2 heterocycles. The van der Waals surface area contributed by atoms with Crippen LogP contribution in [0.1, 0.15) is 34.3 Å². The number of sulfonamides is 1. The maximum atomic E-state index is 12.9. The van der Waals surface area contributed by atoms with Gasteiger partial charge in [0.2, 0.25) is 10.0 Å². The van der Waals surface area contributed by atoms with E-state index in [2.05, 4.69) is 4.99 Å². The van der Waals surface area contributed by atoms with Gasteiger partial charge in [-0.1, -0.05) is 17.4 Å². The number of thiazole rings is 1. The van der Waals surface area contributed by atoms with Crippen LogP contribution in [-0.4, -0.2) is 49.4 Å². The fourth-order valence-electron chi connectivity index (χ4n) is 4.02. The molecular weight excluding hydrogens is 462 g/mol. The molecule has 8 nitrogen and oxygen atoms in total. The largest absolute Gasteiger partial charge is 0.468 e. The number of hydrogen-bond acceptors (Lipinski definition) is 6. The van der Waals surface area contributed by atoms with Crippen LogP contribution in [0, 0.1) is 13.8 Å². The zero-order valence-corrected chi connectivity index (χ0v) is 20.3. The highest BCUT2D eigenvalue weighted by atomic mass is 32.2. The van der Waals surface area contributed by atoms with Gasteiger partial charge in [0.25, 0.3) is 5.91 Å². The highest BCUT2D eigenvalue weighted by molar-refractivity contribution is 7.89. The summed E-state index contributed by atoms with van der Waals surface area (Å²) >= 11 is 1.32. The first-order valence-corrected chi connectivity index (χ1v) is 12.8. The van der Waals surface area contributed by atoms with Crippen molar-refractivity contribution in [2.45, 2.75) is 38.1 Å². The number of aryl methyl sites for hydroxylation is 2. The van der Waals surface area contributed by atoms with E-state index < -0.39 is 21.9 Å². The molecule has 2 aromatic carbocycles. The van der Waals surface area contributed by atoms with Gasteiger partial charge < -0.3 is 9.30 Å². The molecule has 1 aliphatic rings. The molecule has 0 atom stereocenters.